The Morgan fingerprint density at radius 3 is 2.52 bits per heavy atom. The topological polar surface area (TPSA) is 44.9 Å². The van der Waals surface area contributed by atoms with Crippen LogP contribution < -0.4 is 5.32 Å². The highest BCUT2D eigenvalue weighted by Crippen LogP contribution is 2.37. The Labute approximate surface area is 144 Å². The van der Waals surface area contributed by atoms with Gasteiger partial charge in [-0.1, -0.05) is 41.6 Å². The molecule has 3 aromatic rings. The quantitative estimate of drug-likeness (QED) is 0.690. The zero-order chi connectivity index (χ0) is 16.4. The predicted octanol–water partition coefficient (Wildman–Crippen LogP) is 5.11. The molecule has 0 aliphatic carbocycles. The average molecular weight is 345 g/mol. The van der Waals surface area contributed by atoms with Gasteiger partial charge in [0.05, 0.1) is 4.90 Å². The lowest BCUT2D eigenvalue weighted by Gasteiger charge is -2.09. The van der Waals surface area contributed by atoms with E-state index in [1.165, 1.54) is 0 Å². The minimum absolute atomic E-state index is 0.0855. The molecule has 3 nitrogen and oxygen atoms in total. The maximum Gasteiger partial charge on any atom is 0.269 e. The highest BCUT2D eigenvalue weighted by atomic mass is 35.5. The van der Waals surface area contributed by atoms with E-state index >= 15 is 0 Å². The van der Waals surface area contributed by atoms with Crippen LogP contribution in [0.2, 0.25) is 5.02 Å². The number of nitrogens with one attached hydrogen (secondary N) is 2. The van der Waals surface area contributed by atoms with Crippen LogP contribution >= 0.6 is 23.4 Å². The molecule has 0 bridgehead atoms. The van der Waals surface area contributed by atoms with Crippen LogP contribution in [0.25, 0.3) is 10.9 Å². The van der Waals surface area contributed by atoms with E-state index in [2.05, 4.69) is 10.3 Å². The van der Waals surface area contributed by atoms with Crippen LogP contribution in [-0.2, 0) is 0 Å². The third-order valence-electron chi connectivity index (χ3n) is 3.34. The Balaban J connectivity index is 2.05. The fourth-order valence-electron chi connectivity index (χ4n) is 2.34. The molecule has 118 valence electrons. The molecule has 1 aromatic heterocycles. The van der Waals surface area contributed by atoms with E-state index in [0.717, 1.165) is 20.7 Å². The van der Waals surface area contributed by atoms with Crippen LogP contribution in [0.5, 0.6) is 0 Å². The second-order valence-corrected chi connectivity index (χ2v) is 7.08. The second-order valence-electron chi connectivity index (χ2n) is 5.56. The summed E-state index contributed by atoms with van der Waals surface area (Å²) in [5.41, 5.74) is 1.55. The van der Waals surface area contributed by atoms with Crippen LogP contribution in [0.4, 0.5) is 0 Å². The molecule has 0 aliphatic heterocycles. The number of fused-ring (bicyclic) bond motifs is 1. The summed E-state index contributed by atoms with van der Waals surface area (Å²) in [6.07, 6.45) is 0. The van der Waals surface area contributed by atoms with Crippen molar-refractivity contribution in [1.29, 1.82) is 0 Å². The van der Waals surface area contributed by atoms with E-state index in [0.29, 0.717) is 10.7 Å². The van der Waals surface area contributed by atoms with Gasteiger partial charge in [-0.15, -0.1) is 0 Å². The number of carbonyl (C=O) groups excluding carboxylic acids is 1. The Morgan fingerprint density at radius 1 is 1.13 bits per heavy atom. The maximum atomic E-state index is 12.5. The Kier molecular flexibility index (Phi) is 4.64. The van der Waals surface area contributed by atoms with Gasteiger partial charge < -0.3 is 10.3 Å². The van der Waals surface area contributed by atoms with Crippen LogP contribution in [-0.4, -0.2) is 16.9 Å². The fraction of sp³-hybridized carbons (Fsp3) is 0.167. The van der Waals surface area contributed by atoms with Gasteiger partial charge in [0.1, 0.15) is 5.69 Å². The molecule has 1 heterocycles. The first-order valence-corrected chi connectivity index (χ1v) is 8.59. The lowest BCUT2D eigenvalue weighted by Crippen LogP contribution is -2.30. The molecule has 2 N–H and O–H groups in total. The first-order chi connectivity index (χ1) is 11.0. The summed E-state index contributed by atoms with van der Waals surface area (Å²) in [5.74, 6) is -0.0901. The lowest BCUT2D eigenvalue weighted by molar-refractivity contribution is 0.0936. The Hall–Kier alpha value is -1.91. The third kappa shape index (κ3) is 3.54. The van der Waals surface area contributed by atoms with E-state index in [4.69, 9.17) is 11.6 Å². The van der Waals surface area contributed by atoms with Gasteiger partial charge in [0.25, 0.3) is 5.91 Å². The second kappa shape index (κ2) is 6.69. The summed E-state index contributed by atoms with van der Waals surface area (Å²) in [6.45, 7) is 3.90. The fourth-order valence-corrected chi connectivity index (χ4v) is 3.50. The monoisotopic (exact) mass is 344 g/mol. The number of halogens is 1. The van der Waals surface area contributed by atoms with Crippen LogP contribution in [0.15, 0.2) is 58.3 Å². The molecular weight excluding hydrogens is 328 g/mol. The van der Waals surface area contributed by atoms with E-state index < -0.39 is 0 Å². The smallest absolute Gasteiger partial charge is 0.269 e. The van der Waals surface area contributed by atoms with Gasteiger partial charge in [-0.2, -0.15) is 0 Å². The molecule has 0 atom stereocenters. The van der Waals surface area contributed by atoms with Crippen LogP contribution in [0.1, 0.15) is 24.3 Å². The summed E-state index contributed by atoms with van der Waals surface area (Å²) in [6, 6.07) is 15.6. The molecule has 23 heavy (non-hydrogen) atoms. The largest absolute Gasteiger partial charge is 0.350 e. The van der Waals surface area contributed by atoms with Gasteiger partial charge in [0.2, 0.25) is 0 Å². The van der Waals surface area contributed by atoms with Gasteiger partial charge >= 0.3 is 0 Å². The molecule has 0 spiro atoms. The molecule has 0 saturated heterocycles. The van der Waals surface area contributed by atoms with Crippen LogP contribution in [0, 0.1) is 0 Å². The molecule has 3 rings (SSSR count). The van der Waals surface area contributed by atoms with Crippen molar-refractivity contribution in [1.82, 2.24) is 10.3 Å². The van der Waals surface area contributed by atoms with Crippen molar-refractivity contribution in [2.45, 2.75) is 29.7 Å². The van der Waals surface area contributed by atoms with Crippen molar-refractivity contribution in [3.8, 4) is 0 Å². The van der Waals surface area contributed by atoms with Gasteiger partial charge in [-0.3, -0.25) is 4.79 Å². The number of rotatable bonds is 4. The number of aromatic amines is 1. The van der Waals surface area contributed by atoms with Gasteiger partial charge in [-0.05, 0) is 44.2 Å². The Bertz CT molecular complexity index is 840. The molecule has 0 saturated carbocycles. The van der Waals surface area contributed by atoms with Gasteiger partial charge in [0, 0.05) is 26.9 Å². The number of amides is 1. The molecule has 0 unspecified atom stereocenters. The number of H-pyrrole nitrogens is 1. The number of benzene rings is 2. The average Bonchev–Trinajstić information content (AvgIpc) is 2.88. The number of para-hydroxylation sites is 1. The van der Waals surface area contributed by atoms with Crippen molar-refractivity contribution in [2.24, 2.45) is 0 Å². The minimum atomic E-state index is -0.0901. The van der Waals surface area contributed by atoms with Gasteiger partial charge in [0.15, 0.2) is 0 Å². The van der Waals surface area contributed by atoms with Crippen molar-refractivity contribution in [2.75, 3.05) is 0 Å². The normalized spacial score (nSPS) is 11.1. The number of hydrogen-bond acceptors (Lipinski definition) is 2. The minimum Gasteiger partial charge on any atom is -0.350 e. The number of carbonyl (C=O) groups is 1. The molecule has 1 amide bonds. The molecule has 0 fully saturated rings. The van der Waals surface area contributed by atoms with Crippen molar-refractivity contribution < 1.29 is 4.79 Å². The summed E-state index contributed by atoms with van der Waals surface area (Å²) in [7, 11) is 0. The van der Waals surface area contributed by atoms with Crippen molar-refractivity contribution in [3.63, 3.8) is 0 Å². The summed E-state index contributed by atoms with van der Waals surface area (Å²) >= 11 is 7.51. The predicted molar refractivity (Wildman–Crippen MR) is 96.5 cm³/mol. The third-order valence-corrected chi connectivity index (χ3v) is 4.73. The first-order valence-electron chi connectivity index (χ1n) is 7.39. The maximum absolute atomic E-state index is 12.5. The van der Waals surface area contributed by atoms with E-state index in [-0.39, 0.29) is 11.9 Å². The van der Waals surface area contributed by atoms with Gasteiger partial charge in [-0.25, -0.2) is 0 Å². The highest BCUT2D eigenvalue weighted by Gasteiger charge is 2.19. The SMILES string of the molecule is CC(C)NC(=O)c1[nH]c2ccccc2c1Sc1ccc(Cl)cc1. The number of hydrogen-bond donors (Lipinski definition) is 2. The standard InChI is InChI=1S/C18H17ClN2OS/c1-11(2)20-18(22)16-17(14-5-3-4-6-15(14)21-16)23-13-9-7-12(19)8-10-13/h3-11,21H,1-2H3,(H,20,22). The van der Waals surface area contributed by atoms with E-state index in [1.807, 2.05) is 62.4 Å². The highest BCUT2D eigenvalue weighted by molar-refractivity contribution is 7.99. The summed E-state index contributed by atoms with van der Waals surface area (Å²) < 4.78 is 0. The molecular formula is C18H17ClN2OS. The molecule has 0 radical (unpaired) electrons. The zero-order valence-corrected chi connectivity index (χ0v) is 14.5. The summed E-state index contributed by atoms with van der Waals surface area (Å²) in [5, 5.41) is 4.69. The first kappa shape index (κ1) is 16.0. The Morgan fingerprint density at radius 2 is 1.83 bits per heavy atom. The lowest BCUT2D eigenvalue weighted by atomic mass is 10.2. The molecule has 2 aromatic carbocycles. The molecule has 0 aliphatic rings. The van der Waals surface area contributed by atoms with Crippen LogP contribution in [0.3, 0.4) is 0 Å². The van der Waals surface area contributed by atoms with E-state index in [1.54, 1.807) is 11.8 Å². The van der Waals surface area contributed by atoms with Crippen molar-refractivity contribution >= 4 is 40.2 Å². The molecule has 5 heteroatoms. The van der Waals surface area contributed by atoms with Crippen molar-refractivity contribution in [3.05, 3.63) is 59.2 Å². The van der Waals surface area contributed by atoms with E-state index in [9.17, 15) is 4.79 Å². The number of aromatic nitrogens is 1. The zero-order valence-electron chi connectivity index (χ0n) is 12.9. The summed E-state index contributed by atoms with van der Waals surface area (Å²) in [4.78, 5) is 17.7.